The fourth-order valence-corrected chi connectivity index (χ4v) is 1.99. The summed E-state index contributed by atoms with van der Waals surface area (Å²) < 4.78 is 27.7. The summed E-state index contributed by atoms with van der Waals surface area (Å²) in [6.45, 7) is 0.390. The van der Waals surface area contributed by atoms with Crippen LogP contribution in [0.25, 0.3) is 0 Å². The summed E-state index contributed by atoms with van der Waals surface area (Å²) in [5.41, 5.74) is 0.669. The zero-order valence-electron chi connectivity index (χ0n) is 10.1. The molecule has 0 aliphatic heterocycles. The highest BCUT2D eigenvalue weighted by Crippen LogP contribution is 2.13. The quantitative estimate of drug-likeness (QED) is 0.911. The van der Waals surface area contributed by atoms with Crippen LogP contribution in [0, 0.1) is 11.3 Å². The molecule has 0 fully saturated rings. The number of nitriles is 1. The molecular weight excluding hydrogens is 266 g/mol. The third kappa shape index (κ3) is 3.33. The van der Waals surface area contributed by atoms with E-state index in [0.29, 0.717) is 18.0 Å². The van der Waals surface area contributed by atoms with Gasteiger partial charge in [-0.25, -0.2) is 13.4 Å². The van der Waals surface area contributed by atoms with Crippen molar-refractivity contribution in [3.63, 3.8) is 0 Å². The number of hydrogen-bond donors (Lipinski definition) is 1. The standard InChI is InChI=1S/C12H11N3O3S/c1-19(16,17)12-5-2-9(7-15-12)14-8-11-4-3-10(6-13)18-11/h2-5,7,14H,8H2,1H3. The van der Waals surface area contributed by atoms with Crippen LogP contribution in [0.3, 0.4) is 0 Å². The molecule has 0 bridgehead atoms. The van der Waals surface area contributed by atoms with E-state index < -0.39 is 9.84 Å². The minimum absolute atomic E-state index is 0.0304. The van der Waals surface area contributed by atoms with Gasteiger partial charge in [0.25, 0.3) is 0 Å². The predicted molar refractivity (Wildman–Crippen MR) is 68.1 cm³/mol. The van der Waals surface area contributed by atoms with Gasteiger partial charge in [-0.2, -0.15) is 5.26 Å². The Morgan fingerprint density at radius 3 is 2.68 bits per heavy atom. The minimum atomic E-state index is -3.28. The van der Waals surface area contributed by atoms with Crippen molar-refractivity contribution in [2.75, 3.05) is 11.6 Å². The molecule has 0 aliphatic carbocycles. The lowest BCUT2D eigenvalue weighted by molar-refractivity contribution is 0.506. The second-order valence-electron chi connectivity index (χ2n) is 3.89. The largest absolute Gasteiger partial charge is 0.449 e. The van der Waals surface area contributed by atoms with Crippen LogP contribution in [0.5, 0.6) is 0 Å². The van der Waals surface area contributed by atoms with Crippen LogP contribution in [0.4, 0.5) is 5.69 Å². The molecule has 0 atom stereocenters. The van der Waals surface area contributed by atoms with Gasteiger partial charge in [0.2, 0.25) is 5.76 Å². The van der Waals surface area contributed by atoms with Gasteiger partial charge in [-0.1, -0.05) is 0 Å². The van der Waals surface area contributed by atoms with Crippen molar-refractivity contribution in [3.8, 4) is 6.07 Å². The number of hydrogen-bond acceptors (Lipinski definition) is 6. The smallest absolute Gasteiger partial charge is 0.203 e. The summed E-state index contributed by atoms with van der Waals surface area (Å²) >= 11 is 0. The maximum Gasteiger partial charge on any atom is 0.203 e. The van der Waals surface area contributed by atoms with Gasteiger partial charge in [-0.15, -0.1) is 0 Å². The SMILES string of the molecule is CS(=O)(=O)c1ccc(NCc2ccc(C#N)o2)cn1. The lowest BCUT2D eigenvalue weighted by Gasteiger charge is -2.04. The molecule has 7 heteroatoms. The third-order valence-electron chi connectivity index (χ3n) is 2.35. The Morgan fingerprint density at radius 2 is 2.16 bits per heavy atom. The predicted octanol–water partition coefficient (Wildman–Crippen LogP) is 1.56. The molecule has 6 nitrogen and oxygen atoms in total. The summed E-state index contributed by atoms with van der Waals surface area (Å²) in [5.74, 6) is 0.867. The van der Waals surface area contributed by atoms with Crippen molar-refractivity contribution in [3.05, 3.63) is 42.0 Å². The zero-order valence-corrected chi connectivity index (χ0v) is 10.9. The number of pyridine rings is 1. The molecule has 2 heterocycles. The first-order valence-electron chi connectivity index (χ1n) is 5.38. The van der Waals surface area contributed by atoms with Crippen molar-refractivity contribution < 1.29 is 12.8 Å². The molecular formula is C12H11N3O3S. The van der Waals surface area contributed by atoms with Crippen molar-refractivity contribution in [2.24, 2.45) is 0 Å². The van der Waals surface area contributed by atoms with Gasteiger partial charge < -0.3 is 9.73 Å². The number of rotatable bonds is 4. The van der Waals surface area contributed by atoms with Gasteiger partial charge >= 0.3 is 0 Å². The molecule has 0 aliphatic rings. The van der Waals surface area contributed by atoms with Crippen molar-refractivity contribution in [2.45, 2.75) is 11.6 Å². The lowest BCUT2D eigenvalue weighted by Crippen LogP contribution is -2.02. The molecule has 0 radical (unpaired) electrons. The molecule has 2 rings (SSSR count). The summed E-state index contributed by atoms with van der Waals surface area (Å²) in [6.07, 6.45) is 2.54. The van der Waals surface area contributed by atoms with Gasteiger partial charge in [0.1, 0.15) is 11.8 Å². The van der Waals surface area contributed by atoms with Crippen molar-refractivity contribution in [1.82, 2.24) is 4.98 Å². The van der Waals surface area contributed by atoms with Gasteiger partial charge in [0.05, 0.1) is 18.4 Å². The van der Waals surface area contributed by atoms with Crippen molar-refractivity contribution >= 4 is 15.5 Å². The highest BCUT2D eigenvalue weighted by molar-refractivity contribution is 7.90. The topological polar surface area (TPSA) is 96.0 Å². The van der Waals surface area contributed by atoms with E-state index in [9.17, 15) is 8.42 Å². The first-order valence-corrected chi connectivity index (χ1v) is 7.27. The molecule has 1 N–H and O–H groups in total. The van der Waals surface area contributed by atoms with Crippen LogP contribution < -0.4 is 5.32 Å². The first kappa shape index (κ1) is 13.1. The number of furan rings is 1. The number of sulfone groups is 1. The lowest BCUT2D eigenvalue weighted by atomic mass is 10.4. The summed E-state index contributed by atoms with van der Waals surface area (Å²) in [5, 5.41) is 11.7. The minimum Gasteiger partial charge on any atom is -0.449 e. The normalized spacial score (nSPS) is 10.9. The summed E-state index contributed by atoms with van der Waals surface area (Å²) in [6, 6.07) is 8.23. The first-order chi connectivity index (χ1) is 8.99. The Morgan fingerprint density at radius 1 is 1.37 bits per heavy atom. The van der Waals surface area contributed by atoms with E-state index in [1.165, 1.54) is 12.3 Å². The highest BCUT2D eigenvalue weighted by Gasteiger charge is 2.08. The Bertz CT molecular complexity index is 711. The van der Waals surface area contributed by atoms with Crippen LogP contribution in [-0.2, 0) is 16.4 Å². The van der Waals surface area contributed by atoms with Gasteiger partial charge in [-0.3, -0.25) is 0 Å². The molecule has 0 saturated carbocycles. The maximum atomic E-state index is 11.2. The number of aromatic nitrogens is 1. The fraction of sp³-hybridized carbons (Fsp3) is 0.167. The second kappa shape index (κ2) is 5.12. The van der Waals surface area contributed by atoms with E-state index in [-0.39, 0.29) is 10.8 Å². The molecule has 0 aromatic carbocycles. The van der Waals surface area contributed by atoms with E-state index in [2.05, 4.69) is 10.3 Å². The maximum absolute atomic E-state index is 11.2. The van der Waals surface area contributed by atoms with Crippen LogP contribution in [0.2, 0.25) is 0 Å². The molecule has 0 saturated heterocycles. The monoisotopic (exact) mass is 277 g/mol. The Hall–Kier alpha value is -2.33. The third-order valence-corrected chi connectivity index (χ3v) is 3.36. The van der Waals surface area contributed by atoms with Crippen LogP contribution >= 0.6 is 0 Å². The van der Waals surface area contributed by atoms with E-state index in [4.69, 9.17) is 9.68 Å². The Labute approximate surface area is 110 Å². The van der Waals surface area contributed by atoms with Gasteiger partial charge in [0, 0.05) is 6.26 Å². The van der Waals surface area contributed by atoms with E-state index >= 15 is 0 Å². The molecule has 19 heavy (non-hydrogen) atoms. The van der Waals surface area contributed by atoms with Crippen LogP contribution in [0.1, 0.15) is 11.5 Å². The van der Waals surface area contributed by atoms with Crippen molar-refractivity contribution in [1.29, 1.82) is 5.26 Å². The molecule has 2 aromatic heterocycles. The van der Waals surface area contributed by atoms with Gasteiger partial charge in [-0.05, 0) is 24.3 Å². The van der Waals surface area contributed by atoms with E-state index in [1.54, 1.807) is 18.2 Å². The van der Waals surface area contributed by atoms with E-state index in [1.807, 2.05) is 6.07 Å². The molecule has 0 unspecified atom stereocenters. The molecule has 0 amide bonds. The fourth-order valence-electron chi connectivity index (χ4n) is 1.43. The number of nitrogens with one attached hydrogen (secondary N) is 1. The number of anilines is 1. The average molecular weight is 277 g/mol. The Kier molecular flexibility index (Phi) is 3.53. The average Bonchev–Trinajstić information content (AvgIpc) is 2.84. The highest BCUT2D eigenvalue weighted by atomic mass is 32.2. The second-order valence-corrected chi connectivity index (χ2v) is 5.85. The van der Waals surface area contributed by atoms with Crippen LogP contribution in [-0.4, -0.2) is 19.7 Å². The molecule has 2 aromatic rings. The van der Waals surface area contributed by atoms with Crippen LogP contribution in [0.15, 0.2) is 39.9 Å². The Balaban J connectivity index is 2.03. The van der Waals surface area contributed by atoms with E-state index in [0.717, 1.165) is 6.26 Å². The molecule has 0 spiro atoms. The summed E-state index contributed by atoms with van der Waals surface area (Å²) in [4.78, 5) is 3.85. The zero-order chi connectivity index (χ0) is 13.9. The molecule has 98 valence electrons. The number of nitrogens with zero attached hydrogens (tertiary/aromatic N) is 2. The summed E-state index contributed by atoms with van der Waals surface area (Å²) in [7, 11) is -3.28. The van der Waals surface area contributed by atoms with Gasteiger partial charge in [0.15, 0.2) is 14.9 Å².